The number of amides is 1. The molecule has 0 aliphatic carbocycles. The van der Waals surface area contributed by atoms with E-state index in [2.05, 4.69) is 4.57 Å². The maximum absolute atomic E-state index is 13.1. The highest BCUT2D eigenvalue weighted by Gasteiger charge is 2.32. The highest BCUT2D eigenvalue weighted by atomic mass is 32.2. The number of benzene rings is 3. The number of rotatable bonds is 6. The van der Waals surface area contributed by atoms with Crippen molar-refractivity contribution in [3.05, 3.63) is 117 Å². The second-order valence-electron chi connectivity index (χ2n) is 7.91. The minimum absolute atomic E-state index is 0.0688. The first-order valence-corrected chi connectivity index (χ1v) is 11.8. The second kappa shape index (κ2) is 9.24. The molecule has 0 unspecified atom stereocenters. The Kier molecular flexibility index (Phi) is 6.00. The molecule has 0 bridgehead atoms. The van der Waals surface area contributed by atoms with Crippen LogP contribution in [-0.4, -0.2) is 24.6 Å². The number of fused-ring (bicyclic) bond motifs is 1. The number of para-hydroxylation sites is 1. The first-order chi connectivity index (χ1) is 16.5. The number of nitro benzene ring substituents is 1. The minimum atomic E-state index is -0.402. The van der Waals surface area contributed by atoms with E-state index < -0.39 is 4.92 Å². The first-order valence-electron chi connectivity index (χ1n) is 10.6. The lowest BCUT2D eigenvalue weighted by molar-refractivity contribution is -0.384. The molecule has 34 heavy (non-hydrogen) atoms. The molecular formula is C26H19N3O3S2. The molecule has 1 saturated heterocycles. The van der Waals surface area contributed by atoms with Crippen LogP contribution in [0.3, 0.4) is 0 Å². The fourth-order valence-electron chi connectivity index (χ4n) is 3.98. The van der Waals surface area contributed by atoms with Crippen molar-refractivity contribution in [2.75, 3.05) is 0 Å². The molecule has 4 aromatic rings. The normalized spacial score (nSPS) is 14.9. The number of aromatic nitrogens is 1. The van der Waals surface area contributed by atoms with E-state index in [0.717, 1.165) is 27.6 Å². The number of carbonyl (C=O) groups is 1. The lowest BCUT2D eigenvalue weighted by Gasteiger charge is -2.14. The van der Waals surface area contributed by atoms with E-state index >= 15 is 0 Å². The van der Waals surface area contributed by atoms with E-state index in [1.54, 1.807) is 17.0 Å². The Balaban J connectivity index is 1.44. The maximum atomic E-state index is 13.1. The smallest absolute Gasteiger partial charge is 0.269 e. The van der Waals surface area contributed by atoms with Crippen molar-refractivity contribution >= 4 is 56.9 Å². The third-order valence-electron chi connectivity index (χ3n) is 5.66. The van der Waals surface area contributed by atoms with Crippen molar-refractivity contribution in [3.8, 4) is 0 Å². The molecular weight excluding hydrogens is 466 g/mol. The number of thioether (sulfide) groups is 1. The van der Waals surface area contributed by atoms with Gasteiger partial charge in [-0.1, -0.05) is 84.6 Å². The number of nitrogens with zero attached hydrogens (tertiary/aromatic N) is 3. The highest BCUT2D eigenvalue weighted by molar-refractivity contribution is 8.26. The largest absolute Gasteiger partial charge is 0.342 e. The SMILES string of the molecule is O=C1C(=Cc2cn(Cc3ccc([N+](=O)[O-])cc3)c3ccccc23)SC(=S)N1Cc1ccccc1. The molecule has 0 saturated carbocycles. The summed E-state index contributed by atoms with van der Waals surface area (Å²) in [6.45, 7) is 1.01. The van der Waals surface area contributed by atoms with Crippen LogP contribution in [0.4, 0.5) is 5.69 Å². The Labute approximate surface area is 205 Å². The molecule has 8 heteroatoms. The number of hydrogen-bond donors (Lipinski definition) is 0. The van der Waals surface area contributed by atoms with Crippen LogP contribution in [0, 0.1) is 10.1 Å². The van der Waals surface area contributed by atoms with E-state index in [1.807, 2.05) is 66.9 Å². The van der Waals surface area contributed by atoms with Crippen LogP contribution in [0.15, 0.2) is 90.0 Å². The van der Waals surface area contributed by atoms with Gasteiger partial charge in [0.15, 0.2) is 0 Å². The molecule has 0 N–H and O–H groups in total. The average molecular weight is 486 g/mol. The molecule has 1 aliphatic rings. The van der Waals surface area contributed by atoms with Gasteiger partial charge in [-0.2, -0.15) is 0 Å². The van der Waals surface area contributed by atoms with Gasteiger partial charge in [-0.3, -0.25) is 19.8 Å². The lowest BCUT2D eigenvalue weighted by Crippen LogP contribution is -2.27. The summed E-state index contributed by atoms with van der Waals surface area (Å²) in [6.07, 6.45) is 3.91. The third-order valence-corrected chi connectivity index (χ3v) is 7.04. The van der Waals surface area contributed by atoms with Gasteiger partial charge in [-0.25, -0.2) is 0 Å². The molecule has 2 heterocycles. The lowest BCUT2D eigenvalue weighted by atomic mass is 10.1. The third kappa shape index (κ3) is 4.37. The molecule has 3 aromatic carbocycles. The molecule has 0 atom stereocenters. The van der Waals surface area contributed by atoms with Gasteiger partial charge in [0.1, 0.15) is 4.32 Å². The number of nitro groups is 1. The second-order valence-corrected chi connectivity index (χ2v) is 9.58. The van der Waals surface area contributed by atoms with Gasteiger partial charge < -0.3 is 4.57 Å². The summed E-state index contributed by atoms with van der Waals surface area (Å²) < 4.78 is 2.64. The average Bonchev–Trinajstić information content (AvgIpc) is 3.32. The van der Waals surface area contributed by atoms with Gasteiger partial charge in [-0.15, -0.1) is 0 Å². The molecule has 0 spiro atoms. The zero-order chi connectivity index (χ0) is 23.7. The van der Waals surface area contributed by atoms with E-state index in [9.17, 15) is 14.9 Å². The molecule has 6 nitrogen and oxygen atoms in total. The van der Waals surface area contributed by atoms with Gasteiger partial charge >= 0.3 is 0 Å². The van der Waals surface area contributed by atoms with Crippen molar-refractivity contribution in [3.63, 3.8) is 0 Å². The van der Waals surface area contributed by atoms with Crippen LogP contribution in [0.2, 0.25) is 0 Å². The summed E-state index contributed by atoms with van der Waals surface area (Å²) >= 11 is 6.82. The minimum Gasteiger partial charge on any atom is -0.342 e. The quantitative estimate of drug-likeness (QED) is 0.145. The van der Waals surface area contributed by atoms with Crippen LogP contribution in [0.1, 0.15) is 16.7 Å². The molecule has 5 rings (SSSR count). The zero-order valence-electron chi connectivity index (χ0n) is 18.0. The van der Waals surface area contributed by atoms with Gasteiger partial charge in [0.25, 0.3) is 11.6 Å². The van der Waals surface area contributed by atoms with Gasteiger partial charge in [0, 0.05) is 41.3 Å². The molecule has 168 valence electrons. The summed E-state index contributed by atoms with van der Waals surface area (Å²) in [7, 11) is 0. The fraction of sp³-hybridized carbons (Fsp3) is 0.0769. The van der Waals surface area contributed by atoms with Crippen LogP contribution in [0.5, 0.6) is 0 Å². The van der Waals surface area contributed by atoms with E-state index in [0.29, 0.717) is 22.3 Å². The van der Waals surface area contributed by atoms with E-state index in [1.165, 1.54) is 23.9 Å². The van der Waals surface area contributed by atoms with Crippen molar-refractivity contribution in [2.45, 2.75) is 13.1 Å². The molecule has 0 radical (unpaired) electrons. The molecule has 1 fully saturated rings. The summed E-state index contributed by atoms with van der Waals surface area (Å²) in [6, 6.07) is 24.3. The van der Waals surface area contributed by atoms with Gasteiger partial charge in [0.05, 0.1) is 16.4 Å². The van der Waals surface area contributed by atoms with Gasteiger partial charge in [0.2, 0.25) is 0 Å². The topological polar surface area (TPSA) is 68.4 Å². The highest BCUT2D eigenvalue weighted by Crippen LogP contribution is 2.35. The Morgan fingerprint density at radius 1 is 0.912 bits per heavy atom. The molecule has 1 aliphatic heterocycles. The van der Waals surface area contributed by atoms with Crippen molar-refractivity contribution < 1.29 is 9.72 Å². The Hall–Kier alpha value is -3.75. The predicted octanol–water partition coefficient (Wildman–Crippen LogP) is 6.00. The van der Waals surface area contributed by atoms with E-state index in [4.69, 9.17) is 12.2 Å². The Morgan fingerprint density at radius 3 is 2.32 bits per heavy atom. The summed E-state index contributed by atoms with van der Waals surface area (Å²) in [5.74, 6) is -0.0916. The fourth-order valence-corrected chi connectivity index (χ4v) is 5.23. The summed E-state index contributed by atoms with van der Waals surface area (Å²) in [5, 5.41) is 12.0. The number of carbonyl (C=O) groups excluding carboxylic acids is 1. The van der Waals surface area contributed by atoms with Crippen molar-refractivity contribution in [1.29, 1.82) is 0 Å². The molecule has 1 amide bonds. The number of non-ortho nitro benzene ring substituents is 1. The standard InChI is InChI=1S/C26H19N3O3S2/c30-25-24(34-26(33)28(25)16-18-6-2-1-3-7-18)14-20-17-27(23-9-5-4-8-22(20)23)15-19-10-12-21(13-11-19)29(31)32/h1-14,17H,15-16H2. The number of thiocarbonyl (C=S) groups is 1. The number of hydrogen-bond acceptors (Lipinski definition) is 5. The Morgan fingerprint density at radius 2 is 1.59 bits per heavy atom. The molecule has 1 aromatic heterocycles. The monoisotopic (exact) mass is 485 g/mol. The van der Waals surface area contributed by atoms with E-state index in [-0.39, 0.29) is 11.6 Å². The summed E-state index contributed by atoms with van der Waals surface area (Å²) in [5.41, 5.74) is 4.00. The zero-order valence-corrected chi connectivity index (χ0v) is 19.6. The van der Waals surface area contributed by atoms with Crippen molar-refractivity contribution in [2.24, 2.45) is 0 Å². The predicted molar refractivity (Wildman–Crippen MR) is 139 cm³/mol. The van der Waals surface area contributed by atoms with Gasteiger partial charge in [-0.05, 0) is 23.3 Å². The van der Waals surface area contributed by atoms with Crippen LogP contribution < -0.4 is 0 Å². The Bertz CT molecular complexity index is 1440. The van der Waals surface area contributed by atoms with Crippen molar-refractivity contribution in [1.82, 2.24) is 9.47 Å². The van der Waals surface area contributed by atoms with Crippen LogP contribution >= 0.6 is 24.0 Å². The van der Waals surface area contributed by atoms with Crippen LogP contribution in [-0.2, 0) is 17.9 Å². The summed E-state index contributed by atoms with van der Waals surface area (Å²) in [4.78, 5) is 25.9. The van der Waals surface area contributed by atoms with Crippen LogP contribution in [0.25, 0.3) is 17.0 Å². The first kappa shape index (κ1) is 22.1. The maximum Gasteiger partial charge on any atom is 0.269 e.